The van der Waals surface area contributed by atoms with Crippen molar-refractivity contribution in [1.82, 2.24) is 0 Å². The van der Waals surface area contributed by atoms with Crippen LogP contribution in [0.3, 0.4) is 0 Å². The third-order valence-electron chi connectivity index (χ3n) is 3.56. The number of aliphatic hydroxyl groups excluding tert-OH is 1. The maximum atomic E-state index is 10.5. The van der Waals surface area contributed by atoms with Crippen molar-refractivity contribution in [1.29, 1.82) is 0 Å². The van der Waals surface area contributed by atoms with Crippen molar-refractivity contribution in [3.05, 3.63) is 82.3 Å². The lowest BCUT2D eigenvalue weighted by molar-refractivity contribution is 0.178. The average molecular weight is 327 g/mol. The molecule has 0 aliphatic rings. The first-order valence-corrected chi connectivity index (χ1v) is 7.44. The van der Waals surface area contributed by atoms with Crippen LogP contribution in [0.2, 0.25) is 0 Å². The normalized spacial score (nSPS) is 12.5. The molecular formula is C18H15BrO. The lowest BCUT2D eigenvalue weighted by Crippen LogP contribution is -2.03. The molecule has 0 amide bonds. The zero-order valence-electron chi connectivity index (χ0n) is 11.0. The first kappa shape index (κ1) is 13.3. The van der Waals surface area contributed by atoms with E-state index in [9.17, 15) is 5.11 Å². The molecule has 0 radical (unpaired) electrons. The van der Waals surface area contributed by atoms with Gasteiger partial charge in [-0.25, -0.2) is 0 Å². The Labute approximate surface area is 127 Å². The monoisotopic (exact) mass is 326 g/mol. The Morgan fingerprint density at radius 2 is 1.55 bits per heavy atom. The first-order valence-electron chi connectivity index (χ1n) is 6.65. The molecule has 0 fully saturated rings. The minimum absolute atomic E-state index is 0.503. The van der Waals surface area contributed by atoms with E-state index >= 15 is 0 Å². The summed E-state index contributed by atoms with van der Waals surface area (Å²) in [6.07, 6.45) is 0.112. The zero-order chi connectivity index (χ0) is 13.9. The van der Waals surface area contributed by atoms with Crippen LogP contribution < -0.4 is 0 Å². The van der Waals surface area contributed by atoms with E-state index in [0.717, 1.165) is 10.0 Å². The van der Waals surface area contributed by atoms with E-state index in [0.29, 0.717) is 6.42 Å². The highest BCUT2D eigenvalue weighted by Crippen LogP contribution is 2.28. The molecule has 2 heteroatoms. The molecule has 100 valence electrons. The van der Waals surface area contributed by atoms with Crippen molar-refractivity contribution < 1.29 is 5.11 Å². The van der Waals surface area contributed by atoms with Gasteiger partial charge in [-0.2, -0.15) is 0 Å². The van der Waals surface area contributed by atoms with Crippen LogP contribution in [0.4, 0.5) is 0 Å². The number of hydrogen-bond donors (Lipinski definition) is 1. The smallest absolute Gasteiger partial charge is 0.0841 e. The standard InChI is InChI=1S/C18H15BrO/c19-17-11-4-3-10-16(17)18(20)12-14-8-5-7-13-6-1-2-9-15(13)14/h1-11,18,20H,12H2. The van der Waals surface area contributed by atoms with E-state index in [4.69, 9.17) is 0 Å². The highest BCUT2D eigenvalue weighted by molar-refractivity contribution is 9.10. The lowest BCUT2D eigenvalue weighted by Gasteiger charge is -2.14. The third kappa shape index (κ3) is 2.62. The number of halogens is 1. The Hall–Kier alpha value is -1.64. The molecule has 1 unspecified atom stereocenters. The SMILES string of the molecule is OC(Cc1cccc2ccccc12)c1ccccc1Br. The van der Waals surface area contributed by atoms with E-state index in [-0.39, 0.29) is 0 Å². The molecule has 0 bridgehead atoms. The minimum atomic E-state index is -0.503. The fraction of sp³-hybridized carbons (Fsp3) is 0.111. The molecule has 1 N–H and O–H groups in total. The number of benzene rings is 3. The number of rotatable bonds is 3. The maximum absolute atomic E-state index is 10.5. The van der Waals surface area contributed by atoms with Crippen LogP contribution in [0.25, 0.3) is 10.8 Å². The summed E-state index contributed by atoms with van der Waals surface area (Å²) in [7, 11) is 0. The molecule has 0 aliphatic carbocycles. The average Bonchev–Trinajstić information content (AvgIpc) is 2.48. The van der Waals surface area contributed by atoms with Crippen LogP contribution in [0, 0.1) is 0 Å². The summed E-state index contributed by atoms with van der Waals surface area (Å²) in [5.74, 6) is 0. The van der Waals surface area contributed by atoms with Crippen molar-refractivity contribution in [2.45, 2.75) is 12.5 Å². The Morgan fingerprint density at radius 3 is 2.40 bits per heavy atom. The molecular weight excluding hydrogens is 312 g/mol. The van der Waals surface area contributed by atoms with Gasteiger partial charge in [-0.15, -0.1) is 0 Å². The van der Waals surface area contributed by atoms with Gasteiger partial charge in [-0.1, -0.05) is 76.6 Å². The summed E-state index contributed by atoms with van der Waals surface area (Å²) in [6, 6.07) is 22.3. The predicted octanol–water partition coefficient (Wildman–Crippen LogP) is 4.88. The largest absolute Gasteiger partial charge is 0.388 e. The van der Waals surface area contributed by atoms with Crippen molar-refractivity contribution in [3.8, 4) is 0 Å². The van der Waals surface area contributed by atoms with E-state index in [1.807, 2.05) is 42.5 Å². The molecule has 3 aromatic rings. The van der Waals surface area contributed by atoms with Gasteiger partial charge in [0.25, 0.3) is 0 Å². The summed E-state index contributed by atoms with van der Waals surface area (Å²) < 4.78 is 0.952. The molecule has 3 rings (SSSR count). The molecule has 1 nitrogen and oxygen atoms in total. The molecule has 0 heterocycles. The van der Waals surface area contributed by atoms with Crippen LogP contribution in [-0.4, -0.2) is 5.11 Å². The summed E-state index contributed by atoms with van der Waals surface area (Å²) in [6.45, 7) is 0. The number of fused-ring (bicyclic) bond motifs is 1. The zero-order valence-corrected chi connectivity index (χ0v) is 12.5. The highest BCUT2D eigenvalue weighted by atomic mass is 79.9. The van der Waals surface area contributed by atoms with Gasteiger partial charge in [0, 0.05) is 10.9 Å². The second kappa shape index (κ2) is 5.78. The Bertz CT molecular complexity index is 731. The topological polar surface area (TPSA) is 20.2 Å². The van der Waals surface area contributed by atoms with E-state index in [1.54, 1.807) is 0 Å². The van der Waals surface area contributed by atoms with Gasteiger partial charge in [0.15, 0.2) is 0 Å². The van der Waals surface area contributed by atoms with E-state index < -0.39 is 6.10 Å². The molecule has 0 aromatic heterocycles. The molecule has 20 heavy (non-hydrogen) atoms. The number of hydrogen-bond acceptors (Lipinski definition) is 1. The highest BCUT2D eigenvalue weighted by Gasteiger charge is 2.12. The van der Waals surface area contributed by atoms with Crippen LogP contribution in [0.15, 0.2) is 71.2 Å². The maximum Gasteiger partial charge on any atom is 0.0841 e. The van der Waals surface area contributed by atoms with Gasteiger partial charge in [-0.3, -0.25) is 0 Å². The van der Waals surface area contributed by atoms with Crippen LogP contribution in [0.5, 0.6) is 0 Å². The Kier molecular flexibility index (Phi) is 3.86. The Morgan fingerprint density at radius 1 is 0.850 bits per heavy atom. The summed E-state index contributed by atoms with van der Waals surface area (Å²) in [4.78, 5) is 0. The quantitative estimate of drug-likeness (QED) is 0.727. The molecule has 0 saturated heterocycles. The second-order valence-corrected chi connectivity index (χ2v) is 5.73. The van der Waals surface area contributed by atoms with Gasteiger partial charge in [0.2, 0.25) is 0 Å². The van der Waals surface area contributed by atoms with Crippen LogP contribution >= 0.6 is 15.9 Å². The van der Waals surface area contributed by atoms with Gasteiger partial charge in [0.05, 0.1) is 6.10 Å². The van der Waals surface area contributed by atoms with Gasteiger partial charge >= 0.3 is 0 Å². The second-order valence-electron chi connectivity index (χ2n) is 4.88. The van der Waals surface area contributed by atoms with Gasteiger partial charge in [-0.05, 0) is 28.0 Å². The first-order chi connectivity index (χ1) is 9.75. The third-order valence-corrected chi connectivity index (χ3v) is 4.28. The molecule has 1 atom stereocenters. The van der Waals surface area contributed by atoms with Crippen molar-refractivity contribution in [2.24, 2.45) is 0 Å². The fourth-order valence-corrected chi connectivity index (χ4v) is 3.08. The van der Waals surface area contributed by atoms with Crippen LogP contribution in [-0.2, 0) is 6.42 Å². The van der Waals surface area contributed by atoms with Gasteiger partial charge in [0.1, 0.15) is 0 Å². The van der Waals surface area contributed by atoms with Crippen molar-refractivity contribution >= 4 is 26.7 Å². The minimum Gasteiger partial charge on any atom is -0.388 e. The van der Waals surface area contributed by atoms with Gasteiger partial charge < -0.3 is 5.11 Å². The number of aliphatic hydroxyl groups is 1. The molecule has 3 aromatic carbocycles. The summed E-state index contributed by atoms with van der Waals surface area (Å²) >= 11 is 3.50. The molecule has 0 saturated carbocycles. The summed E-state index contributed by atoms with van der Waals surface area (Å²) in [5, 5.41) is 12.9. The fourth-order valence-electron chi connectivity index (χ4n) is 2.53. The lowest BCUT2D eigenvalue weighted by atomic mass is 9.97. The van der Waals surface area contributed by atoms with Crippen molar-refractivity contribution in [2.75, 3.05) is 0 Å². The summed E-state index contributed by atoms with van der Waals surface area (Å²) in [5.41, 5.74) is 2.10. The van der Waals surface area contributed by atoms with E-state index in [2.05, 4.69) is 40.2 Å². The molecule has 0 aliphatic heterocycles. The molecule has 0 spiro atoms. The van der Waals surface area contributed by atoms with Crippen molar-refractivity contribution in [3.63, 3.8) is 0 Å². The Balaban J connectivity index is 1.96. The van der Waals surface area contributed by atoms with Crippen LogP contribution in [0.1, 0.15) is 17.2 Å². The van der Waals surface area contributed by atoms with E-state index in [1.165, 1.54) is 16.3 Å². The predicted molar refractivity (Wildman–Crippen MR) is 86.8 cm³/mol.